The summed E-state index contributed by atoms with van der Waals surface area (Å²) < 4.78 is 35.5. The molecule has 0 spiro atoms. The van der Waals surface area contributed by atoms with Gasteiger partial charge < -0.3 is 13.7 Å². The lowest BCUT2D eigenvalue weighted by Crippen LogP contribution is -2.31. The second kappa shape index (κ2) is 8.28. The Morgan fingerprint density at radius 3 is 2.60 bits per heavy atom. The molecule has 0 aromatic carbocycles. The van der Waals surface area contributed by atoms with Crippen LogP contribution in [0.4, 0.5) is 0 Å². The molecule has 3 aromatic rings. The van der Waals surface area contributed by atoms with Crippen LogP contribution in [0.2, 0.25) is 0 Å². The summed E-state index contributed by atoms with van der Waals surface area (Å²) >= 11 is 0. The normalized spacial score (nSPS) is 11.8. The molecule has 0 saturated heterocycles. The number of aromatic nitrogens is 4. The predicted molar refractivity (Wildman–Crippen MR) is 104 cm³/mol. The molecule has 0 amide bonds. The number of aryl methyl sites for hydroxylation is 2. The van der Waals surface area contributed by atoms with Crippen molar-refractivity contribution in [3.63, 3.8) is 0 Å². The Morgan fingerprint density at radius 2 is 2.00 bits per heavy atom. The molecule has 0 aliphatic rings. The highest BCUT2D eigenvalue weighted by atomic mass is 32.2. The van der Waals surface area contributed by atoms with Crippen molar-refractivity contribution in [3.8, 4) is 0 Å². The number of imidazole rings is 1. The number of nitrogens with zero attached hydrogens (tertiary/aromatic N) is 3. The minimum atomic E-state index is -4.09. The first-order chi connectivity index (χ1) is 14.2. The summed E-state index contributed by atoms with van der Waals surface area (Å²) in [6.45, 7) is 4.14. The van der Waals surface area contributed by atoms with Crippen LogP contribution in [0.15, 0.2) is 31.2 Å². The summed E-state index contributed by atoms with van der Waals surface area (Å²) in [5, 5.41) is 4.38. The van der Waals surface area contributed by atoms with Gasteiger partial charge in [-0.3, -0.25) is 14.3 Å². The fraction of sp³-hybridized carbons (Fsp3) is 0.412. The summed E-state index contributed by atoms with van der Waals surface area (Å²) in [6, 6.07) is 2.16. The lowest BCUT2D eigenvalue weighted by atomic mass is 10.3. The third-order valence-corrected chi connectivity index (χ3v) is 5.19. The Bertz CT molecular complexity index is 1310. The SMILES string of the molecule is CCCCn1c(=O)[nH]c(=O)c2c1nc(COC(=O)c1ccc(S(N)(=O)=O)o1)n2CC. The minimum Gasteiger partial charge on any atom is -0.452 e. The van der Waals surface area contributed by atoms with Gasteiger partial charge in [0.25, 0.3) is 15.6 Å². The van der Waals surface area contributed by atoms with E-state index < -0.39 is 32.3 Å². The highest BCUT2D eigenvalue weighted by molar-refractivity contribution is 7.89. The Labute approximate surface area is 170 Å². The highest BCUT2D eigenvalue weighted by Gasteiger charge is 2.21. The standard InChI is InChI=1S/C17H21N5O7S/c1-3-5-8-22-14-13(15(23)20-17(22)25)21(4-2)11(19-14)9-28-16(24)10-6-7-12(29-10)30(18,26)27/h6-7H,3-5,8-9H2,1-2H3,(H2,18,26,27)(H,20,23,25). The first kappa shape index (κ1) is 21.5. The van der Waals surface area contributed by atoms with Gasteiger partial charge in [-0.1, -0.05) is 13.3 Å². The van der Waals surface area contributed by atoms with Crippen molar-refractivity contribution in [3.05, 3.63) is 44.6 Å². The van der Waals surface area contributed by atoms with Crippen molar-refractivity contribution in [1.82, 2.24) is 19.1 Å². The molecule has 0 fully saturated rings. The number of rotatable bonds is 8. The Morgan fingerprint density at radius 1 is 1.27 bits per heavy atom. The molecular weight excluding hydrogens is 418 g/mol. The first-order valence-electron chi connectivity index (χ1n) is 9.19. The van der Waals surface area contributed by atoms with Crippen LogP contribution in [0, 0.1) is 0 Å². The second-order valence-electron chi connectivity index (χ2n) is 6.45. The molecule has 0 aliphatic carbocycles. The lowest BCUT2D eigenvalue weighted by Gasteiger charge is -2.06. The van der Waals surface area contributed by atoms with Crippen LogP contribution < -0.4 is 16.4 Å². The molecule has 0 saturated carbocycles. The van der Waals surface area contributed by atoms with Gasteiger partial charge in [0.1, 0.15) is 12.4 Å². The van der Waals surface area contributed by atoms with Crippen molar-refractivity contribution in [2.45, 2.75) is 51.5 Å². The van der Waals surface area contributed by atoms with E-state index in [2.05, 4.69) is 9.97 Å². The van der Waals surface area contributed by atoms with E-state index in [1.165, 1.54) is 4.57 Å². The fourth-order valence-corrected chi connectivity index (χ4v) is 3.44. The maximum atomic E-state index is 12.4. The zero-order chi connectivity index (χ0) is 22.1. The van der Waals surface area contributed by atoms with Crippen molar-refractivity contribution in [1.29, 1.82) is 0 Å². The number of esters is 1. The topological polar surface area (TPSA) is 172 Å². The molecule has 3 aromatic heterocycles. The third kappa shape index (κ3) is 4.07. The van der Waals surface area contributed by atoms with Crippen molar-refractivity contribution in [2.75, 3.05) is 0 Å². The molecule has 30 heavy (non-hydrogen) atoms. The van der Waals surface area contributed by atoms with E-state index in [0.717, 1.165) is 25.0 Å². The van der Waals surface area contributed by atoms with Crippen LogP contribution in [0.25, 0.3) is 11.2 Å². The van der Waals surface area contributed by atoms with Crippen LogP contribution in [0.5, 0.6) is 0 Å². The zero-order valence-corrected chi connectivity index (χ0v) is 17.2. The molecule has 0 aliphatic heterocycles. The number of primary sulfonamides is 1. The second-order valence-corrected chi connectivity index (χ2v) is 7.94. The van der Waals surface area contributed by atoms with Gasteiger partial charge >= 0.3 is 11.7 Å². The fourth-order valence-electron chi connectivity index (χ4n) is 2.98. The van der Waals surface area contributed by atoms with E-state index in [-0.39, 0.29) is 29.4 Å². The van der Waals surface area contributed by atoms with Crippen LogP contribution in [0.1, 0.15) is 43.1 Å². The van der Waals surface area contributed by atoms with Crippen LogP contribution >= 0.6 is 0 Å². The molecule has 162 valence electrons. The number of furan rings is 1. The van der Waals surface area contributed by atoms with Gasteiger partial charge in [-0.15, -0.1) is 0 Å². The maximum Gasteiger partial charge on any atom is 0.374 e. The molecule has 0 radical (unpaired) electrons. The number of nitrogens with two attached hydrogens (primary N) is 1. The van der Waals surface area contributed by atoms with Gasteiger partial charge in [-0.05, 0) is 25.5 Å². The summed E-state index contributed by atoms with van der Waals surface area (Å²) in [5.74, 6) is -1.03. The molecular formula is C17H21N5O7S. The summed E-state index contributed by atoms with van der Waals surface area (Å²) in [4.78, 5) is 43.4. The van der Waals surface area contributed by atoms with Crippen molar-refractivity contribution >= 4 is 27.2 Å². The van der Waals surface area contributed by atoms with E-state index in [4.69, 9.17) is 14.3 Å². The van der Waals surface area contributed by atoms with Gasteiger partial charge in [-0.25, -0.2) is 28.1 Å². The third-order valence-electron chi connectivity index (χ3n) is 4.41. The summed E-state index contributed by atoms with van der Waals surface area (Å²) in [7, 11) is -4.09. The average molecular weight is 439 g/mol. The van der Waals surface area contributed by atoms with Crippen LogP contribution in [-0.4, -0.2) is 33.5 Å². The number of carbonyl (C=O) groups excluding carboxylic acids is 1. The van der Waals surface area contributed by atoms with Gasteiger partial charge in [0.05, 0.1) is 0 Å². The van der Waals surface area contributed by atoms with Crippen molar-refractivity contribution < 1.29 is 22.4 Å². The number of hydrogen-bond acceptors (Lipinski definition) is 8. The number of fused-ring (bicyclic) bond motifs is 1. The number of ether oxygens (including phenoxy) is 1. The van der Waals surface area contributed by atoms with Gasteiger partial charge in [-0.2, -0.15) is 0 Å². The number of hydrogen-bond donors (Lipinski definition) is 2. The van der Waals surface area contributed by atoms with E-state index in [1.54, 1.807) is 11.5 Å². The van der Waals surface area contributed by atoms with Gasteiger partial charge in [0.2, 0.25) is 10.9 Å². The summed E-state index contributed by atoms with van der Waals surface area (Å²) in [6.07, 6.45) is 1.56. The molecule has 12 nitrogen and oxygen atoms in total. The smallest absolute Gasteiger partial charge is 0.374 e. The largest absolute Gasteiger partial charge is 0.452 e. The predicted octanol–water partition coefficient (Wildman–Crippen LogP) is 0.304. The van der Waals surface area contributed by atoms with Crippen molar-refractivity contribution in [2.24, 2.45) is 5.14 Å². The van der Waals surface area contributed by atoms with E-state index in [0.29, 0.717) is 13.1 Å². The quantitative estimate of drug-likeness (QED) is 0.472. The van der Waals surface area contributed by atoms with Crippen LogP contribution in [-0.2, 0) is 34.5 Å². The number of nitrogens with one attached hydrogen (secondary N) is 1. The van der Waals surface area contributed by atoms with E-state index in [9.17, 15) is 22.8 Å². The Kier molecular flexibility index (Phi) is 5.94. The van der Waals surface area contributed by atoms with Crippen LogP contribution in [0.3, 0.4) is 0 Å². The number of H-pyrrole nitrogens is 1. The number of unbranched alkanes of at least 4 members (excludes halogenated alkanes) is 1. The molecule has 0 unspecified atom stereocenters. The molecule has 0 bridgehead atoms. The molecule has 13 heteroatoms. The summed E-state index contributed by atoms with van der Waals surface area (Å²) in [5.41, 5.74) is -0.733. The van der Waals surface area contributed by atoms with E-state index >= 15 is 0 Å². The number of aromatic amines is 1. The van der Waals surface area contributed by atoms with Gasteiger partial charge in [0.15, 0.2) is 11.2 Å². The maximum absolute atomic E-state index is 12.4. The molecule has 3 rings (SSSR count). The zero-order valence-electron chi connectivity index (χ0n) is 16.4. The minimum absolute atomic E-state index is 0.203. The lowest BCUT2D eigenvalue weighted by molar-refractivity contribution is 0.0416. The monoisotopic (exact) mass is 439 g/mol. The molecule has 3 heterocycles. The molecule has 3 N–H and O–H groups in total. The number of sulfonamides is 1. The first-order valence-corrected chi connectivity index (χ1v) is 10.7. The number of carbonyl (C=O) groups is 1. The van der Waals surface area contributed by atoms with E-state index in [1.807, 2.05) is 6.92 Å². The molecule has 0 atom stereocenters. The average Bonchev–Trinajstić information content (AvgIpc) is 3.31. The highest BCUT2D eigenvalue weighted by Crippen LogP contribution is 2.16. The Balaban J connectivity index is 1.93. The van der Waals surface area contributed by atoms with Gasteiger partial charge in [0, 0.05) is 13.1 Å². The Hall–Kier alpha value is -3.19.